The van der Waals surface area contributed by atoms with E-state index in [1.165, 1.54) is 6.26 Å². The summed E-state index contributed by atoms with van der Waals surface area (Å²) >= 11 is 0. The molecule has 1 aromatic heterocycles. The molecule has 1 aromatic carbocycles. The molecule has 2 rings (SSSR count). The first kappa shape index (κ1) is 12.4. The molecule has 0 fully saturated rings. The van der Waals surface area contributed by atoms with Gasteiger partial charge in [-0.05, 0) is 5.56 Å². The SMILES string of the molecule is CC(C)(C)c1occ(-c2ccccc2)c1C(=O)O. The Labute approximate surface area is 106 Å². The molecule has 0 aliphatic heterocycles. The van der Waals surface area contributed by atoms with Crippen LogP contribution in [0.3, 0.4) is 0 Å². The van der Waals surface area contributed by atoms with Gasteiger partial charge in [0.2, 0.25) is 0 Å². The molecule has 3 heteroatoms. The topological polar surface area (TPSA) is 50.4 Å². The van der Waals surface area contributed by atoms with Crippen LogP contribution in [0.25, 0.3) is 11.1 Å². The van der Waals surface area contributed by atoms with Gasteiger partial charge in [-0.3, -0.25) is 0 Å². The maximum absolute atomic E-state index is 11.5. The second-order valence-electron chi connectivity index (χ2n) is 5.27. The minimum atomic E-state index is -0.951. The third-order valence-electron chi connectivity index (χ3n) is 2.77. The number of benzene rings is 1. The predicted molar refractivity (Wildman–Crippen MR) is 69.8 cm³/mol. The average Bonchev–Trinajstić information content (AvgIpc) is 2.74. The van der Waals surface area contributed by atoms with E-state index in [9.17, 15) is 9.90 Å². The van der Waals surface area contributed by atoms with Crippen LogP contribution in [0.5, 0.6) is 0 Å². The summed E-state index contributed by atoms with van der Waals surface area (Å²) in [5, 5.41) is 9.40. The Morgan fingerprint density at radius 2 is 1.78 bits per heavy atom. The summed E-state index contributed by atoms with van der Waals surface area (Å²) in [6.07, 6.45) is 1.53. The zero-order valence-electron chi connectivity index (χ0n) is 10.7. The first-order valence-electron chi connectivity index (χ1n) is 5.82. The lowest BCUT2D eigenvalue weighted by atomic mass is 9.88. The van der Waals surface area contributed by atoms with Crippen LogP contribution in [0.15, 0.2) is 41.0 Å². The highest BCUT2D eigenvalue weighted by molar-refractivity contribution is 5.97. The molecule has 0 spiro atoms. The van der Waals surface area contributed by atoms with Crippen molar-refractivity contribution in [2.24, 2.45) is 0 Å². The molecule has 3 nitrogen and oxygen atoms in total. The van der Waals surface area contributed by atoms with Crippen LogP contribution in [0.1, 0.15) is 36.9 Å². The highest BCUT2D eigenvalue weighted by atomic mass is 16.4. The molecule has 0 saturated heterocycles. The molecule has 0 radical (unpaired) electrons. The molecule has 0 unspecified atom stereocenters. The van der Waals surface area contributed by atoms with Crippen molar-refractivity contribution in [1.29, 1.82) is 0 Å². The molecule has 2 aromatic rings. The van der Waals surface area contributed by atoms with Crippen molar-refractivity contribution in [1.82, 2.24) is 0 Å². The minimum Gasteiger partial charge on any atom is -0.478 e. The summed E-state index contributed by atoms with van der Waals surface area (Å²) in [7, 11) is 0. The van der Waals surface area contributed by atoms with E-state index in [2.05, 4.69) is 0 Å². The number of carbonyl (C=O) groups is 1. The van der Waals surface area contributed by atoms with E-state index in [1.807, 2.05) is 51.1 Å². The number of hydrogen-bond acceptors (Lipinski definition) is 2. The number of carboxylic acids is 1. The van der Waals surface area contributed by atoms with Crippen LogP contribution in [-0.4, -0.2) is 11.1 Å². The summed E-state index contributed by atoms with van der Waals surface area (Å²) < 4.78 is 5.50. The maximum atomic E-state index is 11.5. The zero-order chi connectivity index (χ0) is 13.3. The minimum absolute atomic E-state index is 0.258. The van der Waals surface area contributed by atoms with Crippen molar-refractivity contribution in [2.45, 2.75) is 26.2 Å². The van der Waals surface area contributed by atoms with Crippen LogP contribution >= 0.6 is 0 Å². The number of furan rings is 1. The van der Waals surface area contributed by atoms with E-state index < -0.39 is 5.97 Å². The fourth-order valence-corrected chi connectivity index (χ4v) is 1.95. The number of carboxylic acid groups (broad SMARTS) is 1. The predicted octanol–water partition coefficient (Wildman–Crippen LogP) is 3.94. The van der Waals surface area contributed by atoms with Crippen molar-refractivity contribution in [3.8, 4) is 11.1 Å². The van der Waals surface area contributed by atoms with E-state index in [4.69, 9.17) is 4.42 Å². The Hall–Kier alpha value is -2.03. The molecular formula is C15H16O3. The van der Waals surface area contributed by atoms with Crippen molar-refractivity contribution in [2.75, 3.05) is 0 Å². The molecule has 0 aliphatic carbocycles. The summed E-state index contributed by atoms with van der Waals surface area (Å²) in [6.45, 7) is 5.81. The molecular weight excluding hydrogens is 228 g/mol. The van der Waals surface area contributed by atoms with Crippen LogP contribution < -0.4 is 0 Å². The summed E-state index contributed by atoms with van der Waals surface area (Å²) in [4.78, 5) is 11.5. The van der Waals surface area contributed by atoms with Gasteiger partial charge in [0.15, 0.2) is 0 Å². The highest BCUT2D eigenvalue weighted by Crippen LogP contribution is 2.34. The third kappa shape index (κ3) is 2.16. The monoisotopic (exact) mass is 244 g/mol. The lowest BCUT2D eigenvalue weighted by Crippen LogP contribution is -2.15. The molecule has 0 saturated carbocycles. The lowest BCUT2D eigenvalue weighted by Gasteiger charge is -2.16. The Morgan fingerprint density at radius 1 is 1.17 bits per heavy atom. The molecule has 18 heavy (non-hydrogen) atoms. The van der Waals surface area contributed by atoms with Gasteiger partial charge in [-0.1, -0.05) is 51.1 Å². The second-order valence-corrected chi connectivity index (χ2v) is 5.27. The molecule has 94 valence electrons. The number of rotatable bonds is 2. The summed E-state index contributed by atoms with van der Waals surface area (Å²) in [5.41, 5.74) is 1.41. The number of hydrogen-bond donors (Lipinski definition) is 1. The van der Waals surface area contributed by atoms with Gasteiger partial charge in [0.1, 0.15) is 11.3 Å². The van der Waals surface area contributed by atoms with Gasteiger partial charge in [0.25, 0.3) is 0 Å². The molecule has 1 N–H and O–H groups in total. The first-order valence-corrected chi connectivity index (χ1v) is 5.82. The van der Waals surface area contributed by atoms with Crippen molar-refractivity contribution < 1.29 is 14.3 Å². The molecule has 0 atom stereocenters. The van der Waals surface area contributed by atoms with Crippen LogP contribution in [-0.2, 0) is 5.41 Å². The summed E-state index contributed by atoms with van der Waals surface area (Å²) in [6, 6.07) is 9.41. The second kappa shape index (κ2) is 4.33. The van der Waals surface area contributed by atoms with Crippen LogP contribution in [0.4, 0.5) is 0 Å². The van der Waals surface area contributed by atoms with Crippen LogP contribution in [0, 0.1) is 0 Å². The third-order valence-corrected chi connectivity index (χ3v) is 2.77. The Morgan fingerprint density at radius 3 is 2.28 bits per heavy atom. The van der Waals surface area contributed by atoms with Gasteiger partial charge < -0.3 is 9.52 Å². The smallest absolute Gasteiger partial charge is 0.339 e. The van der Waals surface area contributed by atoms with E-state index >= 15 is 0 Å². The first-order chi connectivity index (χ1) is 8.41. The van der Waals surface area contributed by atoms with E-state index in [1.54, 1.807) is 0 Å². The molecule has 0 aliphatic rings. The maximum Gasteiger partial charge on any atom is 0.339 e. The van der Waals surface area contributed by atoms with Crippen molar-refractivity contribution >= 4 is 5.97 Å². The molecule has 1 heterocycles. The number of aromatic carboxylic acids is 1. The Bertz CT molecular complexity index is 559. The fraction of sp³-hybridized carbons (Fsp3) is 0.267. The zero-order valence-corrected chi connectivity index (χ0v) is 10.7. The standard InChI is InChI=1S/C15H16O3/c1-15(2,3)13-12(14(16)17)11(9-18-13)10-7-5-4-6-8-10/h4-9H,1-3H3,(H,16,17). The van der Waals surface area contributed by atoms with Gasteiger partial charge >= 0.3 is 5.97 Å². The summed E-state index contributed by atoms with van der Waals surface area (Å²) in [5.74, 6) is -0.443. The van der Waals surface area contributed by atoms with E-state index in [0.717, 1.165) is 5.56 Å². The van der Waals surface area contributed by atoms with E-state index in [0.29, 0.717) is 11.3 Å². The largest absolute Gasteiger partial charge is 0.478 e. The van der Waals surface area contributed by atoms with Gasteiger partial charge in [-0.15, -0.1) is 0 Å². The van der Waals surface area contributed by atoms with Gasteiger partial charge in [-0.25, -0.2) is 4.79 Å². The van der Waals surface area contributed by atoms with Crippen molar-refractivity contribution in [3.63, 3.8) is 0 Å². The highest BCUT2D eigenvalue weighted by Gasteiger charge is 2.29. The van der Waals surface area contributed by atoms with Crippen LogP contribution in [0.2, 0.25) is 0 Å². The molecule has 0 amide bonds. The normalized spacial score (nSPS) is 11.5. The Kier molecular flexibility index (Phi) is 2.99. The van der Waals surface area contributed by atoms with Gasteiger partial charge in [0.05, 0.1) is 6.26 Å². The molecule has 0 bridgehead atoms. The van der Waals surface area contributed by atoms with E-state index in [-0.39, 0.29) is 11.0 Å². The lowest BCUT2D eigenvalue weighted by molar-refractivity contribution is 0.0693. The Balaban J connectivity index is 2.64. The van der Waals surface area contributed by atoms with Gasteiger partial charge in [-0.2, -0.15) is 0 Å². The van der Waals surface area contributed by atoms with Crippen molar-refractivity contribution in [3.05, 3.63) is 47.9 Å². The average molecular weight is 244 g/mol. The fourth-order valence-electron chi connectivity index (χ4n) is 1.95. The van der Waals surface area contributed by atoms with Gasteiger partial charge in [0, 0.05) is 11.0 Å². The quantitative estimate of drug-likeness (QED) is 0.870.